The highest BCUT2D eigenvalue weighted by atomic mass is 16.5. The zero-order valence-corrected chi connectivity index (χ0v) is 19.3. The molecular weight excluding hydrogens is 428 g/mol. The number of carbonyl (C=O) groups excluding carboxylic acids is 1. The Balaban J connectivity index is 1.30. The van der Waals surface area contributed by atoms with Gasteiger partial charge in [-0.2, -0.15) is 0 Å². The van der Waals surface area contributed by atoms with Crippen molar-refractivity contribution in [1.29, 1.82) is 0 Å². The van der Waals surface area contributed by atoms with E-state index in [9.17, 15) is 4.79 Å². The fourth-order valence-corrected chi connectivity index (χ4v) is 4.43. The van der Waals surface area contributed by atoms with Gasteiger partial charge in [0.05, 0.1) is 43.5 Å². The molecule has 1 aliphatic carbocycles. The zero-order valence-electron chi connectivity index (χ0n) is 19.3. The Kier molecular flexibility index (Phi) is 6.74. The third kappa shape index (κ3) is 5.21. The van der Waals surface area contributed by atoms with Crippen LogP contribution >= 0.6 is 0 Å². The Morgan fingerprint density at radius 3 is 1.85 bits per heavy atom. The molecule has 2 saturated heterocycles. The molecule has 2 heterocycles. The molecule has 0 radical (unpaired) electrons. The smallest absolute Gasteiger partial charge is 0.184 e. The second-order valence-corrected chi connectivity index (χ2v) is 8.69. The van der Waals surface area contributed by atoms with Gasteiger partial charge in [-0.05, 0) is 48.0 Å². The van der Waals surface area contributed by atoms with E-state index in [0.29, 0.717) is 23.4 Å². The van der Waals surface area contributed by atoms with Gasteiger partial charge in [0.15, 0.2) is 5.78 Å². The minimum absolute atomic E-state index is 0.0589. The van der Waals surface area contributed by atoms with Gasteiger partial charge in [-0.3, -0.25) is 4.79 Å². The lowest BCUT2D eigenvalue weighted by molar-refractivity contribution is -0.111. The average molecular weight is 459 g/mol. The number of aliphatic imine (C=N–C) groups is 1. The summed E-state index contributed by atoms with van der Waals surface area (Å²) in [6, 6.07) is 16.5. The van der Waals surface area contributed by atoms with Crippen molar-refractivity contribution in [3.63, 3.8) is 0 Å². The van der Waals surface area contributed by atoms with E-state index in [0.717, 1.165) is 69.5 Å². The Morgan fingerprint density at radius 1 is 0.765 bits per heavy atom. The van der Waals surface area contributed by atoms with Gasteiger partial charge in [0.2, 0.25) is 0 Å². The van der Waals surface area contributed by atoms with Crippen LogP contribution in [0.25, 0.3) is 0 Å². The number of ether oxygens (including phenoxy) is 2. The monoisotopic (exact) mass is 458 g/mol. The third-order valence-electron chi connectivity index (χ3n) is 6.39. The van der Waals surface area contributed by atoms with Gasteiger partial charge < -0.3 is 25.0 Å². The van der Waals surface area contributed by atoms with Gasteiger partial charge in [-0.1, -0.05) is 12.1 Å². The topological polar surface area (TPSA) is 80.4 Å². The molecule has 7 nitrogen and oxygen atoms in total. The second kappa shape index (κ2) is 10.2. The number of hydrogen-bond donors (Lipinski definition) is 1. The summed E-state index contributed by atoms with van der Waals surface area (Å²) in [5.74, 6) is -0.0589. The van der Waals surface area contributed by atoms with Crippen LogP contribution in [0.5, 0.6) is 0 Å². The first-order valence-electron chi connectivity index (χ1n) is 11.8. The van der Waals surface area contributed by atoms with Crippen molar-refractivity contribution in [3.8, 4) is 0 Å². The van der Waals surface area contributed by atoms with E-state index in [1.54, 1.807) is 0 Å². The molecule has 3 aliphatic rings. The number of carbonyl (C=O) groups is 1. The number of rotatable bonds is 5. The van der Waals surface area contributed by atoms with Gasteiger partial charge in [0, 0.05) is 55.6 Å². The van der Waals surface area contributed by atoms with Crippen LogP contribution in [0, 0.1) is 0 Å². The second-order valence-electron chi connectivity index (χ2n) is 8.69. The number of benzene rings is 2. The Labute approximate surface area is 200 Å². The number of morpholine rings is 2. The summed E-state index contributed by atoms with van der Waals surface area (Å²) >= 11 is 0. The zero-order chi connectivity index (χ0) is 23.3. The van der Waals surface area contributed by atoms with E-state index in [2.05, 4.69) is 46.2 Å². The lowest BCUT2D eigenvalue weighted by Crippen LogP contribution is -2.36. The minimum Gasteiger partial charge on any atom is -0.397 e. The summed E-state index contributed by atoms with van der Waals surface area (Å²) in [7, 11) is 0. The van der Waals surface area contributed by atoms with Crippen molar-refractivity contribution < 1.29 is 14.3 Å². The number of hydrogen-bond acceptors (Lipinski definition) is 7. The summed E-state index contributed by atoms with van der Waals surface area (Å²) in [5.41, 5.74) is 12.1. The fourth-order valence-electron chi connectivity index (χ4n) is 4.43. The summed E-state index contributed by atoms with van der Waals surface area (Å²) in [6.45, 7) is 6.62. The molecule has 2 aliphatic heterocycles. The highest BCUT2D eigenvalue weighted by molar-refractivity contribution is 6.22. The Hall–Kier alpha value is -3.42. The molecule has 0 saturated carbocycles. The first-order valence-corrected chi connectivity index (χ1v) is 11.8. The normalized spacial score (nSPS) is 20.4. The number of anilines is 2. The SMILES string of the molecule is NC1=CC(=O)C(Cc2ccc(N3CCOCC3)cc2)=CC1=Nc1ccc(N2CCOCC2)cc1. The van der Waals surface area contributed by atoms with Gasteiger partial charge in [-0.15, -0.1) is 0 Å². The van der Waals surface area contributed by atoms with Gasteiger partial charge in [0.1, 0.15) is 0 Å². The summed E-state index contributed by atoms with van der Waals surface area (Å²) < 4.78 is 10.9. The molecule has 34 heavy (non-hydrogen) atoms. The van der Waals surface area contributed by atoms with Crippen molar-refractivity contribution in [2.24, 2.45) is 10.7 Å². The van der Waals surface area contributed by atoms with Crippen LogP contribution in [-0.2, 0) is 20.7 Å². The number of nitrogens with two attached hydrogens (primary N) is 1. The van der Waals surface area contributed by atoms with Crippen LogP contribution in [0.15, 0.2) is 76.9 Å². The van der Waals surface area contributed by atoms with Crippen molar-refractivity contribution in [2.45, 2.75) is 6.42 Å². The van der Waals surface area contributed by atoms with E-state index >= 15 is 0 Å². The largest absolute Gasteiger partial charge is 0.397 e. The van der Waals surface area contributed by atoms with Crippen LogP contribution in [0.3, 0.4) is 0 Å². The van der Waals surface area contributed by atoms with Gasteiger partial charge >= 0.3 is 0 Å². The van der Waals surface area contributed by atoms with E-state index in [1.165, 1.54) is 11.8 Å². The van der Waals surface area contributed by atoms with E-state index in [-0.39, 0.29) is 5.78 Å². The highest BCUT2D eigenvalue weighted by Crippen LogP contribution is 2.24. The summed E-state index contributed by atoms with van der Waals surface area (Å²) in [6.07, 6.45) is 3.85. The summed E-state index contributed by atoms with van der Waals surface area (Å²) in [4.78, 5) is 22.0. The molecule has 0 atom stereocenters. The van der Waals surface area contributed by atoms with E-state index in [4.69, 9.17) is 20.2 Å². The lowest BCUT2D eigenvalue weighted by Gasteiger charge is -2.29. The molecule has 7 heteroatoms. The molecule has 2 aromatic carbocycles. The molecular formula is C27H30N4O3. The molecule has 2 N–H and O–H groups in total. The predicted molar refractivity (Wildman–Crippen MR) is 135 cm³/mol. The maximum Gasteiger partial charge on any atom is 0.184 e. The molecule has 2 fully saturated rings. The molecule has 5 rings (SSSR count). The lowest BCUT2D eigenvalue weighted by atomic mass is 9.94. The van der Waals surface area contributed by atoms with Crippen molar-refractivity contribution in [3.05, 3.63) is 77.5 Å². The van der Waals surface area contributed by atoms with Crippen LogP contribution in [0.4, 0.5) is 17.1 Å². The van der Waals surface area contributed by atoms with Crippen LogP contribution < -0.4 is 15.5 Å². The standard InChI is InChI=1S/C27H30N4O3/c28-25-19-27(32)21(17-20-1-5-23(6-2-20)30-9-13-33-14-10-30)18-26(25)29-22-3-7-24(8-4-22)31-11-15-34-16-12-31/h1-8,18-19H,9-17,28H2. The number of ketones is 1. The number of nitrogens with zero attached hydrogens (tertiary/aromatic N) is 3. The molecule has 0 aromatic heterocycles. The van der Waals surface area contributed by atoms with Crippen LogP contribution in [0.2, 0.25) is 0 Å². The Morgan fingerprint density at radius 2 is 1.29 bits per heavy atom. The Bertz CT molecular complexity index is 1110. The van der Waals surface area contributed by atoms with Gasteiger partial charge in [-0.25, -0.2) is 4.99 Å². The molecule has 2 aromatic rings. The van der Waals surface area contributed by atoms with Crippen LogP contribution in [0.1, 0.15) is 5.56 Å². The molecule has 0 spiro atoms. The van der Waals surface area contributed by atoms with E-state index < -0.39 is 0 Å². The maximum atomic E-state index is 12.6. The maximum absolute atomic E-state index is 12.6. The van der Waals surface area contributed by atoms with Crippen molar-refractivity contribution >= 4 is 28.6 Å². The third-order valence-corrected chi connectivity index (χ3v) is 6.39. The quantitative estimate of drug-likeness (QED) is 0.694. The number of allylic oxidation sites excluding steroid dienone is 3. The summed E-state index contributed by atoms with van der Waals surface area (Å²) in [5, 5.41) is 0. The molecule has 0 unspecified atom stereocenters. The van der Waals surface area contributed by atoms with Gasteiger partial charge in [0.25, 0.3) is 0 Å². The molecule has 0 bridgehead atoms. The van der Waals surface area contributed by atoms with Crippen molar-refractivity contribution in [2.75, 3.05) is 62.4 Å². The molecule has 176 valence electrons. The highest BCUT2D eigenvalue weighted by Gasteiger charge is 2.18. The van der Waals surface area contributed by atoms with E-state index in [1.807, 2.05) is 18.2 Å². The van der Waals surface area contributed by atoms with Crippen molar-refractivity contribution in [1.82, 2.24) is 0 Å². The first kappa shape index (κ1) is 22.4. The fraction of sp³-hybridized carbons (Fsp3) is 0.333. The molecule has 0 amide bonds. The minimum atomic E-state index is -0.0589. The average Bonchev–Trinajstić information content (AvgIpc) is 2.89. The first-order chi connectivity index (χ1) is 16.7. The van der Waals surface area contributed by atoms with Crippen LogP contribution in [-0.4, -0.2) is 64.1 Å². The predicted octanol–water partition coefficient (Wildman–Crippen LogP) is 3.03.